The predicted octanol–water partition coefficient (Wildman–Crippen LogP) is 2.85. The molecule has 1 rings (SSSR count). The Labute approximate surface area is 105 Å². The summed E-state index contributed by atoms with van der Waals surface area (Å²) in [5, 5.41) is 8.85. The molecule has 0 amide bonds. The van der Waals surface area contributed by atoms with Gasteiger partial charge in [-0.1, -0.05) is 13.3 Å². The van der Waals surface area contributed by atoms with Crippen molar-refractivity contribution in [2.45, 2.75) is 19.9 Å². The number of nitrogens with one attached hydrogen (secondary N) is 2. The summed E-state index contributed by atoms with van der Waals surface area (Å²) >= 11 is 5.26. The van der Waals surface area contributed by atoms with Crippen LogP contribution in [0.2, 0.25) is 0 Å². The molecular formula is C11H19BrN2S. The number of hydrogen-bond donors (Lipinski definition) is 2. The standard InChI is InChI=1S/C11H19BrN2S/c1-3-9(5-13-2)6-14-7-11-4-10(12)8-15-11/h4,8-9,13-14H,3,5-7H2,1-2H3. The molecule has 15 heavy (non-hydrogen) atoms. The first kappa shape index (κ1) is 13.2. The van der Waals surface area contributed by atoms with Crippen LogP contribution in [0.25, 0.3) is 0 Å². The molecule has 0 saturated heterocycles. The van der Waals surface area contributed by atoms with Crippen LogP contribution in [0.15, 0.2) is 15.9 Å². The van der Waals surface area contributed by atoms with Gasteiger partial charge in [-0.3, -0.25) is 0 Å². The normalized spacial score (nSPS) is 13.0. The van der Waals surface area contributed by atoms with E-state index >= 15 is 0 Å². The maximum absolute atomic E-state index is 3.50. The summed E-state index contributed by atoms with van der Waals surface area (Å²) in [5.74, 6) is 0.735. The van der Waals surface area contributed by atoms with Crippen molar-refractivity contribution < 1.29 is 0 Å². The summed E-state index contributed by atoms with van der Waals surface area (Å²) in [7, 11) is 2.01. The summed E-state index contributed by atoms with van der Waals surface area (Å²) in [6.07, 6.45) is 1.22. The second-order valence-electron chi connectivity index (χ2n) is 3.69. The van der Waals surface area contributed by atoms with E-state index in [1.54, 1.807) is 11.3 Å². The van der Waals surface area contributed by atoms with Gasteiger partial charge in [-0.25, -0.2) is 0 Å². The first-order valence-corrected chi connectivity index (χ1v) is 7.01. The fourth-order valence-electron chi connectivity index (χ4n) is 1.50. The summed E-state index contributed by atoms with van der Waals surface area (Å²) in [4.78, 5) is 1.39. The van der Waals surface area contributed by atoms with Gasteiger partial charge in [-0.2, -0.15) is 0 Å². The van der Waals surface area contributed by atoms with E-state index in [0.717, 1.165) is 25.6 Å². The van der Waals surface area contributed by atoms with Crippen molar-refractivity contribution in [2.24, 2.45) is 5.92 Å². The molecule has 86 valence electrons. The first-order valence-electron chi connectivity index (χ1n) is 5.34. The van der Waals surface area contributed by atoms with E-state index in [9.17, 15) is 0 Å². The molecule has 1 aromatic heterocycles. The number of halogens is 1. The van der Waals surface area contributed by atoms with Gasteiger partial charge in [0.05, 0.1) is 0 Å². The molecule has 0 aliphatic heterocycles. The van der Waals surface area contributed by atoms with Gasteiger partial charge in [-0.15, -0.1) is 11.3 Å². The molecule has 0 saturated carbocycles. The van der Waals surface area contributed by atoms with E-state index in [1.807, 2.05) is 7.05 Å². The van der Waals surface area contributed by atoms with Crippen LogP contribution in [0.4, 0.5) is 0 Å². The molecule has 0 bridgehead atoms. The summed E-state index contributed by atoms with van der Waals surface area (Å²) in [5.41, 5.74) is 0. The van der Waals surface area contributed by atoms with Crippen LogP contribution in [0.1, 0.15) is 18.2 Å². The second-order valence-corrected chi connectivity index (χ2v) is 5.61. The van der Waals surface area contributed by atoms with Gasteiger partial charge in [0.1, 0.15) is 0 Å². The SMILES string of the molecule is CCC(CNC)CNCc1cc(Br)cs1. The van der Waals surface area contributed by atoms with E-state index in [2.05, 4.69) is 44.9 Å². The van der Waals surface area contributed by atoms with E-state index in [0.29, 0.717) is 0 Å². The van der Waals surface area contributed by atoms with Crippen LogP contribution in [0.5, 0.6) is 0 Å². The lowest BCUT2D eigenvalue weighted by molar-refractivity contribution is 0.445. The van der Waals surface area contributed by atoms with Gasteiger partial charge in [0, 0.05) is 21.3 Å². The molecule has 1 aromatic rings. The third-order valence-corrected chi connectivity index (χ3v) is 4.12. The van der Waals surface area contributed by atoms with Crippen LogP contribution in [0.3, 0.4) is 0 Å². The largest absolute Gasteiger partial charge is 0.319 e. The highest BCUT2D eigenvalue weighted by atomic mass is 79.9. The van der Waals surface area contributed by atoms with Crippen molar-refractivity contribution in [1.29, 1.82) is 0 Å². The van der Waals surface area contributed by atoms with Crippen LogP contribution in [-0.2, 0) is 6.54 Å². The lowest BCUT2D eigenvalue weighted by Gasteiger charge is -2.14. The van der Waals surface area contributed by atoms with Gasteiger partial charge < -0.3 is 10.6 Å². The minimum absolute atomic E-state index is 0.735. The lowest BCUT2D eigenvalue weighted by Crippen LogP contribution is -2.28. The Bertz CT molecular complexity index is 275. The molecule has 4 heteroatoms. The minimum Gasteiger partial charge on any atom is -0.319 e. The van der Waals surface area contributed by atoms with Crippen molar-refractivity contribution in [1.82, 2.24) is 10.6 Å². The summed E-state index contributed by atoms with van der Waals surface area (Å²) < 4.78 is 1.19. The number of hydrogen-bond acceptors (Lipinski definition) is 3. The Hall–Kier alpha value is 0.1000. The molecule has 2 N–H and O–H groups in total. The number of thiophene rings is 1. The zero-order chi connectivity index (χ0) is 11.1. The third-order valence-electron chi connectivity index (χ3n) is 2.42. The molecule has 1 unspecified atom stereocenters. The quantitative estimate of drug-likeness (QED) is 0.807. The lowest BCUT2D eigenvalue weighted by atomic mass is 10.1. The molecule has 0 spiro atoms. The van der Waals surface area contributed by atoms with Crippen molar-refractivity contribution in [3.8, 4) is 0 Å². The van der Waals surface area contributed by atoms with E-state index in [-0.39, 0.29) is 0 Å². The van der Waals surface area contributed by atoms with Crippen molar-refractivity contribution in [3.63, 3.8) is 0 Å². The van der Waals surface area contributed by atoms with E-state index < -0.39 is 0 Å². The van der Waals surface area contributed by atoms with Gasteiger partial charge in [0.25, 0.3) is 0 Å². The molecule has 0 aliphatic carbocycles. The average Bonchev–Trinajstić information content (AvgIpc) is 2.63. The Morgan fingerprint density at radius 1 is 1.47 bits per heavy atom. The van der Waals surface area contributed by atoms with Crippen LogP contribution >= 0.6 is 27.3 Å². The van der Waals surface area contributed by atoms with Gasteiger partial charge in [0.2, 0.25) is 0 Å². The zero-order valence-electron chi connectivity index (χ0n) is 9.35. The number of rotatable bonds is 7. The molecule has 2 nitrogen and oxygen atoms in total. The van der Waals surface area contributed by atoms with Gasteiger partial charge >= 0.3 is 0 Å². The topological polar surface area (TPSA) is 24.1 Å². The predicted molar refractivity (Wildman–Crippen MR) is 71.4 cm³/mol. The average molecular weight is 291 g/mol. The molecule has 0 aliphatic rings. The van der Waals surface area contributed by atoms with E-state index in [1.165, 1.54) is 15.8 Å². The van der Waals surface area contributed by atoms with Crippen LogP contribution in [-0.4, -0.2) is 20.1 Å². The fourth-order valence-corrected chi connectivity index (χ4v) is 2.92. The zero-order valence-corrected chi connectivity index (χ0v) is 11.7. The monoisotopic (exact) mass is 290 g/mol. The highest BCUT2D eigenvalue weighted by Crippen LogP contribution is 2.19. The summed E-state index contributed by atoms with van der Waals surface area (Å²) in [6.45, 7) is 5.41. The maximum Gasteiger partial charge on any atom is 0.0300 e. The Morgan fingerprint density at radius 3 is 2.80 bits per heavy atom. The molecule has 0 radical (unpaired) electrons. The smallest absolute Gasteiger partial charge is 0.0300 e. The minimum atomic E-state index is 0.735. The fraction of sp³-hybridized carbons (Fsp3) is 0.636. The molecule has 1 heterocycles. The van der Waals surface area contributed by atoms with Crippen LogP contribution < -0.4 is 10.6 Å². The molecule has 0 fully saturated rings. The third kappa shape index (κ3) is 5.11. The van der Waals surface area contributed by atoms with Crippen molar-refractivity contribution in [2.75, 3.05) is 20.1 Å². The van der Waals surface area contributed by atoms with Crippen molar-refractivity contribution >= 4 is 27.3 Å². The summed E-state index contributed by atoms with van der Waals surface area (Å²) in [6, 6.07) is 2.18. The highest BCUT2D eigenvalue weighted by molar-refractivity contribution is 9.10. The first-order chi connectivity index (χ1) is 7.26. The Morgan fingerprint density at radius 2 is 2.27 bits per heavy atom. The van der Waals surface area contributed by atoms with Crippen molar-refractivity contribution in [3.05, 3.63) is 20.8 Å². The second kappa shape index (κ2) is 7.39. The van der Waals surface area contributed by atoms with Gasteiger partial charge in [0.15, 0.2) is 0 Å². The molecule has 0 aromatic carbocycles. The Kier molecular flexibility index (Phi) is 6.48. The van der Waals surface area contributed by atoms with Crippen LogP contribution in [0, 0.1) is 5.92 Å². The molecular weight excluding hydrogens is 272 g/mol. The molecule has 1 atom stereocenters. The van der Waals surface area contributed by atoms with E-state index in [4.69, 9.17) is 0 Å². The Balaban J connectivity index is 2.20. The van der Waals surface area contributed by atoms with Gasteiger partial charge in [-0.05, 0) is 48.1 Å². The highest BCUT2D eigenvalue weighted by Gasteiger charge is 2.04. The maximum atomic E-state index is 3.50.